The molecule has 38 heavy (non-hydrogen) atoms. The van der Waals surface area contributed by atoms with Gasteiger partial charge in [-0.2, -0.15) is 9.97 Å². The number of halogens is 1. The van der Waals surface area contributed by atoms with Crippen LogP contribution in [0.3, 0.4) is 0 Å². The first kappa shape index (κ1) is 26.4. The molecule has 0 spiro atoms. The Kier molecular flexibility index (Phi) is 7.48. The number of carboxylic acid groups (broad SMARTS) is 1. The largest absolute Gasteiger partial charge is 0.508 e. The van der Waals surface area contributed by atoms with Crippen molar-refractivity contribution in [1.82, 2.24) is 9.97 Å². The van der Waals surface area contributed by atoms with Gasteiger partial charge in [0, 0.05) is 36.5 Å². The molecule has 0 saturated carbocycles. The van der Waals surface area contributed by atoms with E-state index < -0.39 is 17.4 Å². The van der Waals surface area contributed by atoms with Gasteiger partial charge in [0.25, 0.3) is 0 Å². The maximum absolute atomic E-state index is 14.6. The van der Waals surface area contributed by atoms with E-state index in [1.54, 1.807) is 25.8 Å². The number of hydrogen-bond acceptors (Lipinski definition) is 8. The molecule has 4 aromatic rings. The summed E-state index contributed by atoms with van der Waals surface area (Å²) < 4.78 is 26.0. The van der Waals surface area contributed by atoms with Crippen LogP contribution in [0.25, 0.3) is 33.0 Å². The highest BCUT2D eigenvalue weighted by Gasteiger charge is 2.24. The maximum atomic E-state index is 14.6. The molecule has 0 fully saturated rings. The SMILES string of the molecule is C#Cc1c(F)ccc2cc(O)cc(-c3oc(=O)c4c(N(C)CCCCC(=O)O)nc(OCC)nc4c3C)c12. The summed E-state index contributed by atoms with van der Waals surface area (Å²) in [4.78, 5) is 34.9. The summed E-state index contributed by atoms with van der Waals surface area (Å²) in [6.45, 7) is 4.16. The van der Waals surface area contributed by atoms with Gasteiger partial charge in [-0.3, -0.25) is 4.79 Å². The topological polar surface area (TPSA) is 126 Å². The molecule has 0 atom stereocenters. The molecule has 0 aliphatic rings. The number of terminal acetylenes is 1. The molecule has 196 valence electrons. The van der Waals surface area contributed by atoms with Gasteiger partial charge in [0.05, 0.1) is 17.7 Å². The normalized spacial score (nSPS) is 11.0. The van der Waals surface area contributed by atoms with Crippen molar-refractivity contribution in [2.24, 2.45) is 0 Å². The van der Waals surface area contributed by atoms with E-state index in [4.69, 9.17) is 20.7 Å². The lowest BCUT2D eigenvalue weighted by molar-refractivity contribution is -0.137. The van der Waals surface area contributed by atoms with Gasteiger partial charge in [0.2, 0.25) is 0 Å². The minimum atomic E-state index is -0.880. The number of aromatic nitrogens is 2. The third-order valence-electron chi connectivity index (χ3n) is 6.17. The monoisotopic (exact) mass is 519 g/mol. The first-order valence-corrected chi connectivity index (χ1v) is 12.0. The Balaban J connectivity index is 1.96. The van der Waals surface area contributed by atoms with E-state index in [1.165, 1.54) is 24.3 Å². The van der Waals surface area contributed by atoms with Crippen LogP contribution in [0.1, 0.15) is 37.3 Å². The molecule has 0 radical (unpaired) electrons. The lowest BCUT2D eigenvalue weighted by Crippen LogP contribution is -2.23. The fourth-order valence-corrected chi connectivity index (χ4v) is 4.42. The Bertz CT molecular complexity index is 1660. The molecule has 4 rings (SSSR count). The number of fused-ring (bicyclic) bond motifs is 2. The smallest absolute Gasteiger partial charge is 0.349 e. The van der Waals surface area contributed by atoms with E-state index in [-0.39, 0.29) is 58.4 Å². The molecule has 0 aliphatic carbocycles. The van der Waals surface area contributed by atoms with Crippen molar-refractivity contribution >= 4 is 33.5 Å². The van der Waals surface area contributed by atoms with E-state index in [0.29, 0.717) is 35.7 Å². The Morgan fingerprint density at radius 1 is 1.24 bits per heavy atom. The number of benzene rings is 2. The van der Waals surface area contributed by atoms with Gasteiger partial charge in [0.15, 0.2) is 5.82 Å². The third kappa shape index (κ3) is 4.95. The van der Waals surface area contributed by atoms with Crippen molar-refractivity contribution in [3.05, 3.63) is 51.6 Å². The molecular formula is C28H26FN3O6. The summed E-state index contributed by atoms with van der Waals surface area (Å²) in [6, 6.07) is 5.55. The van der Waals surface area contributed by atoms with Crippen LogP contribution in [0, 0.1) is 25.1 Å². The van der Waals surface area contributed by atoms with E-state index in [1.807, 2.05) is 0 Å². The highest BCUT2D eigenvalue weighted by molar-refractivity contribution is 6.03. The average Bonchev–Trinajstić information content (AvgIpc) is 2.88. The summed E-state index contributed by atoms with van der Waals surface area (Å²) in [7, 11) is 1.73. The zero-order chi connectivity index (χ0) is 27.6. The number of hydrogen-bond donors (Lipinski definition) is 2. The summed E-state index contributed by atoms with van der Waals surface area (Å²) >= 11 is 0. The first-order valence-electron chi connectivity index (χ1n) is 12.0. The van der Waals surface area contributed by atoms with Gasteiger partial charge in [0.1, 0.15) is 22.7 Å². The first-order chi connectivity index (χ1) is 18.2. The molecular weight excluding hydrogens is 493 g/mol. The number of phenols is 1. The van der Waals surface area contributed by atoms with Crippen LogP contribution in [-0.4, -0.2) is 46.3 Å². The Hall–Kier alpha value is -4.65. The lowest BCUT2D eigenvalue weighted by Gasteiger charge is -2.21. The van der Waals surface area contributed by atoms with Crippen LogP contribution in [0.4, 0.5) is 10.2 Å². The minimum Gasteiger partial charge on any atom is -0.508 e. The Morgan fingerprint density at radius 3 is 2.68 bits per heavy atom. The number of aliphatic carboxylic acids is 1. The van der Waals surface area contributed by atoms with E-state index in [0.717, 1.165) is 0 Å². The number of rotatable bonds is 9. The summed E-state index contributed by atoms with van der Waals surface area (Å²) in [5, 5.41) is 20.2. The summed E-state index contributed by atoms with van der Waals surface area (Å²) in [6.07, 6.45) is 6.65. The van der Waals surface area contributed by atoms with Gasteiger partial charge >= 0.3 is 17.6 Å². The molecule has 0 aliphatic heterocycles. The van der Waals surface area contributed by atoms with E-state index >= 15 is 0 Å². The molecule has 2 aromatic heterocycles. The minimum absolute atomic E-state index is 0.0286. The fourth-order valence-electron chi connectivity index (χ4n) is 4.42. The summed E-state index contributed by atoms with van der Waals surface area (Å²) in [5.41, 5.74) is 0.161. The van der Waals surface area contributed by atoms with Crippen LogP contribution in [0.5, 0.6) is 11.8 Å². The Labute approximate surface area is 217 Å². The van der Waals surface area contributed by atoms with E-state index in [2.05, 4.69) is 15.9 Å². The molecule has 9 nitrogen and oxygen atoms in total. The zero-order valence-electron chi connectivity index (χ0n) is 21.2. The molecule has 0 bridgehead atoms. The fraction of sp³-hybridized carbons (Fsp3) is 0.286. The number of ether oxygens (including phenoxy) is 1. The zero-order valence-corrected chi connectivity index (χ0v) is 21.2. The van der Waals surface area contributed by atoms with Crippen molar-refractivity contribution in [2.75, 3.05) is 25.1 Å². The summed E-state index contributed by atoms with van der Waals surface area (Å²) in [5.74, 6) is 1.07. The number of carbonyl (C=O) groups is 1. The highest BCUT2D eigenvalue weighted by atomic mass is 19.1. The van der Waals surface area contributed by atoms with Gasteiger partial charge in [-0.15, -0.1) is 6.42 Å². The third-order valence-corrected chi connectivity index (χ3v) is 6.17. The van der Waals surface area contributed by atoms with Crippen molar-refractivity contribution in [3.63, 3.8) is 0 Å². The predicted molar refractivity (Wildman–Crippen MR) is 141 cm³/mol. The number of carboxylic acids is 1. The number of unbranched alkanes of at least 4 members (excludes halogenated alkanes) is 1. The van der Waals surface area contributed by atoms with Crippen LogP contribution < -0.4 is 15.3 Å². The second-order valence-corrected chi connectivity index (χ2v) is 8.76. The van der Waals surface area contributed by atoms with Crippen molar-refractivity contribution in [3.8, 4) is 35.4 Å². The number of phenolic OH excluding ortho intramolecular Hbond substituents is 1. The van der Waals surface area contributed by atoms with Crippen LogP contribution in [0.2, 0.25) is 0 Å². The number of anilines is 1. The lowest BCUT2D eigenvalue weighted by atomic mass is 9.95. The molecule has 0 unspecified atom stereocenters. The molecule has 2 aromatic carbocycles. The predicted octanol–water partition coefficient (Wildman–Crippen LogP) is 4.63. The highest BCUT2D eigenvalue weighted by Crippen LogP contribution is 2.39. The molecule has 0 amide bonds. The molecule has 0 saturated heterocycles. The van der Waals surface area contributed by atoms with Crippen molar-refractivity contribution in [1.29, 1.82) is 0 Å². The standard InChI is InChI=1S/C28H26FN3O6/c1-5-18-20(29)11-10-16-13-17(33)14-19(22(16)18)25-15(3)24-23(27(36)38-25)26(31-28(30-24)37-6-2)32(4)12-8-7-9-21(34)35/h1,10-11,13-14,33H,6-9,12H2,2-4H3,(H,34,35). The van der Waals surface area contributed by atoms with Gasteiger partial charge in [-0.25, -0.2) is 9.18 Å². The van der Waals surface area contributed by atoms with E-state index in [9.17, 15) is 19.1 Å². The molecule has 2 heterocycles. The van der Waals surface area contributed by atoms with Gasteiger partial charge < -0.3 is 24.3 Å². The number of aromatic hydroxyl groups is 1. The number of nitrogens with zero attached hydrogens (tertiary/aromatic N) is 3. The van der Waals surface area contributed by atoms with Gasteiger partial charge in [-0.1, -0.05) is 12.0 Å². The van der Waals surface area contributed by atoms with Crippen LogP contribution in [-0.2, 0) is 4.79 Å². The number of aryl methyl sites for hydroxylation is 1. The molecule has 2 N–H and O–H groups in total. The second-order valence-electron chi connectivity index (χ2n) is 8.76. The quantitative estimate of drug-likeness (QED) is 0.240. The van der Waals surface area contributed by atoms with Crippen LogP contribution in [0.15, 0.2) is 33.5 Å². The van der Waals surface area contributed by atoms with Crippen molar-refractivity contribution in [2.45, 2.75) is 33.1 Å². The van der Waals surface area contributed by atoms with Gasteiger partial charge in [-0.05, 0) is 50.3 Å². The van der Waals surface area contributed by atoms with Crippen molar-refractivity contribution < 1.29 is 28.6 Å². The van der Waals surface area contributed by atoms with Crippen LogP contribution >= 0.6 is 0 Å². The second kappa shape index (κ2) is 10.8. The maximum Gasteiger partial charge on any atom is 0.349 e. The average molecular weight is 520 g/mol. The Morgan fingerprint density at radius 2 is 2.00 bits per heavy atom. The molecule has 10 heteroatoms.